The molecule has 3 amide bonds. The van der Waals surface area contributed by atoms with Crippen LogP contribution < -0.4 is 10.2 Å². The van der Waals surface area contributed by atoms with Crippen molar-refractivity contribution in [2.75, 3.05) is 4.90 Å². The van der Waals surface area contributed by atoms with E-state index in [0.717, 1.165) is 21.9 Å². The molecular formula is C18H18N2O3. The fourth-order valence-corrected chi connectivity index (χ4v) is 3.17. The predicted octanol–water partition coefficient (Wildman–Crippen LogP) is 2.22. The van der Waals surface area contributed by atoms with E-state index in [1.807, 2.05) is 44.2 Å². The highest BCUT2D eigenvalue weighted by Gasteiger charge is 2.32. The molecule has 1 N–H and O–H groups in total. The minimum atomic E-state index is -0.657. The highest BCUT2D eigenvalue weighted by molar-refractivity contribution is 6.08. The van der Waals surface area contributed by atoms with E-state index in [0.29, 0.717) is 18.5 Å². The maximum Gasteiger partial charge on any atom is 0.249 e. The zero-order chi connectivity index (χ0) is 16.6. The van der Waals surface area contributed by atoms with Crippen molar-refractivity contribution in [2.24, 2.45) is 0 Å². The van der Waals surface area contributed by atoms with Crippen molar-refractivity contribution in [3.05, 3.63) is 41.5 Å². The SMILES string of the molecule is Cc1ccc(N(C=O)C2CCC(=O)NC2=O)c2c(C)cccc12. The molecule has 0 saturated carbocycles. The first kappa shape index (κ1) is 15.2. The number of carbonyl (C=O) groups excluding carboxylic acids is 3. The summed E-state index contributed by atoms with van der Waals surface area (Å²) >= 11 is 0. The summed E-state index contributed by atoms with van der Waals surface area (Å²) in [6.07, 6.45) is 1.25. The number of hydrogen-bond acceptors (Lipinski definition) is 3. The van der Waals surface area contributed by atoms with Crippen LogP contribution in [-0.4, -0.2) is 24.3 Å². The highest BCUT2D eigenvalue weighted by Crippen LogP contribution is 2.33. The number of benzene rings is 2. The lowest BCUT2D eigenvalue weighted by Crippen LogP contribution is -2.52. The molecule has 5 heteroatoms. The second-order valence-electron chi connectivity index (χ2n) is 5.88. The van der Waals surface area contributed by atoms with Gasteiger partial charge in [0.05, 0.1) is 5.69 Å². The van der Waals surface area contributed by atoms with Crippen molar-refractivity contribution in [2.45, 2.75) is 32.7 Å². The first-order valence-corrected chi connectivity index (χ1v) is 7.59. The largest absolute Gasteiger partial charge is 0.302 e. The van der Waals surface area contributed by atoms with E-state index >= 15 is 0 Å². The summed E-state index contributed by atoms with van der Waals surface area (Å²) < 4.78 is 0. The number of piperidine rings is 1. The summed E-state index contributed by atoms with van der Waals surface area (Å²) in [5, 5.41) is 4.33. The number of amides is 3. The highest BCUT2D eigenvalue weighted by atomic mass is 16.2. The van der Waals surface area contributed by atoms with Gasteiger partial charge in [-0.2, -0.15) is 0 Å². The molecule has 118 valence electrons. The number of aryl methyl sites for hydroxylation is 2. The summed E-state index contributed by atoms with van der Waals surface area (Å²) in [5.41, 5.74) is 2.86. The second-order valence-corrected chi connectivity index (χ2v) is 5.88. The van der Waals surface area contributed by atoms with Crippen LogP contribution in [0.25, 0.3) is 10.8 Å². The molecule has 2 aromatic rings. The molecule has 2 aromatic carbocycles. The van der Waals surface area contributed by atoms with Gasteiger partial charge < -0.3 is 4.90 Å². The van der Waals surface area contributed by atoms with Crippen LogP contribution >= 0.6 is 0 Å². The van der Waals surface area contributed by atoms with E-state index < -0.39 is 11.9 Å². The van der Waals surface area contributed by atoms with Crippen molar-refractivity contribution in [1.82, 2.24) is 5.32 Å². The Morgan fingerprint density at radius 1 is 1.13 bits per heavy atom. The standard InChI is InChI=1S/C18H18N2O3/c1-11-6-7-14(17-12(2)4-3-5-13(11)17)20(10-21)15-8-9-16(22)19-18(15)23/h3-7,10,15H,8-9H2,1-2H3,(H,19,22,23). The van der Waals surface area contributed by atoms with Crippen LogP contribution in [0.15, 0.2) is 30.3 Å². The predicted molar refractivity (Wildman–Crippen MR) is 88.1 cm³/mol. The lowest BCUT2D eigenvalue weighted by molar-refractivity contribution is -0.134. The third-order valence-electron chi connectivity index (χ3n) is 4.38. The summed E-state index contributed by atoms with van der Waals surface area (Å²) in [4.78, 5) is 36.6. The lowest BCUT2D eigenvalue weighted by atomic mass is 9.97. The van der Waals surface area contributed by atoms with Crippen LogP contribution in [0.3, 0.4) is 0 Å². The second kappa shape index (κ2) is 5.83. The Labute approximate surface area is 134 Å². The van der Waals surface area contributed by atoms with Crippen molar-refractivity contribution in [3.8, 4) is 0 Å². The van der Waals surface area contributed by atoms with Crippen LogP contribution in [0, 0.1) is 13.8 Å². The van der Waals surface area contributed by atoms with Gasteiger partial charge in [0.25, 0.3) is 0 Å². The summed E-state index contributed by atoms with van der Waals surface area (Å²) in [6.45, 7) is 4.00. The third-order valence-corrected chi connectivity index (χ3v) is 4.38. The van der Waals surface area contributed by atoms with Gasteiger partial charge in [0.2, 0.25) is 18.2 Å². The quantitative estimate of drug-likeness (QED) is 0.698. The molecule has 1 fully saturated rings. The van der Waals surface area contributed by atoms with Crippen molar-refractivity contribution < 1.29 is 14.4 Å². The minimum Gasteiger partial charge on any atom is -0.302 e. The zero-order valence-corrected chi connectivity index (χ0v) is 13.1. The number of fused-ring (bicyclic) bond motifs is 1. The number of carbonyl (C=O) groups is 3. The van der Waals surface area contributed by atoms with Crippen molar-refractivity contribution in [3.63, 3.8) is 0 Å². The van der Waals surface area contributed by atoms with Crippen molar-refractivity contribution >= 4 is 34.7 Å². The summed E-state index contributed by atoms with van der Waals surface area (Å²) in [5.74, 6) is -0.710. The van der Waals surface area contributed by atoms with Gasteiger partial charge in [0.1, 0.15) is 6.04 Å². The van der Waals surface area contributed by atoms with Gasteiger partial charge in [-0.1, -0.05) is 24.3 Å². The first-order chi connectivity index (χ1) is 11.0. The number of anilines is 1. The van der Waals surface area contributed by atoms with Gasteiger partial charge in [-0.05, 0) is 42.8 Å². The molecule has 0 radical (unpaired) electrons. The van der Waals surface area contributed by atoms with E-state index in [9.17, 15) is 14.4 Å². The van der Waals surface area contributed by atoms with Crippen LogP contribution in [0.5, 0.6) is 0 Å². The average molecular weight is 310 g/mol. The van der Waals surface area contributed by atoms with Gasteiger partial charge >= 0.3 is 0 Å². The van der Waals surface area contributed by atoms with Crippen molar-refractivity contribution in [1.29, 1.82) is 0 Å². The fourth-order valence-electron chi connectivity index (χ4n) is 3.17. The molecule has 0 aliphatic carbocycles. The van der Waals surface area contributed by atoms with E-state index in [2.05, 4.69) is 5.32 Å². The lowest BCUT2D eigenvalue weighted by Gasteiger charge is -2.31. The van der Waals surface area contributed by atoms with Gasteiger partial charge in [0.15, 0.2) is 0 Å². The average Bonchev–Trinajstić information content (AvgIpc) is 2.52. The molecule has 1 saturated heterocycles. The topological polar surface area (TPSA) is 66.5 Å². The van der Waals surface area contributed by atoms with Crippen LogP contribution in [0.1, 0.15) is 24.0 Å². The Hall–Kier alpha value is -2.69. The first-order valence-electron chi connectivity index (χ1n) is 7.59. The molecule has 23 heavy (non-hydrogen) atoms. The molecule has 1 aliphatic heterocycles. The molecule has 1 heterocycles. The summed E-state index contributed by atoms with van der Waals surface area (Å²) in [6, 6.07) is 9.12. The Bertz CT molecular complexity index is 813. The normalized spacial score (nSPS) is 17.9. The summed E-state index contributed by atoms with van der Waals surface area (Å²) in [7, 11) is 0. The smallest absolute Gasteiger partial charge is 0.249 e. The molecule has 1 atom stereocenters. The van der Waals surface area contributed by atoms with Crippen LogP contribution in [-0.2, 0) is 14.4 Å². The Morgan fingerprint density at radius 2 is 1.91 bits per heavy atom. The molecule has 0 aromatic heterocycles. The maximum absolute atomic E-state index is 12.1. The molecule has 3 rings (SSSR count). The molecule has 1 aliphatic rings. The van der Waals surface area contributed by atoms with Gasteiger partial charge in [-0.3, -0.25) is 19.7 Å². The van der Waals surface area contributed by atoms with Gasteiger partial charge in [-0.25, -0.2) is 0 Å². The maximum atomic E-state index is 12.1. The van der Waals surface area contributed by atoms with E-state index in [1.165, 1.54) is 4.90 Å². The Kier molecular flexibility index (Phi) is 3.86. The third kappa shape index (κ3) is 2.59. The number of imide groups is 1. The number of nitrogens with one attached hydrogen (secondary N) is 1. The van der Waals surface area contributed by atoms with E-state index in [1.54, 1.807) is 0 Å². The van der Waals surface area contributed by atoms with Gasteiger partial charge in [0, 0.05) is 11.8 Å². The molecule has 0 spiro atoms. The number of nitrogens with zero attached hydrogens (tertiary/aromatic N) is 1. The van der Waals surface area contributed by atoms with Gasteiger partial charge in [-0.15, -0.1) is 0 Å². The molecule has 1 unspecified atom stereocenters. The number of rotatable bonds is 3. The molecular weight excluding hydrogens is 292 g/mol. The number of hydrogen-bond donors (Lipinski definition) is 1. The van der Waals surface area contributed by atoms with E-state index in [-0.39, 0.29) is 12.3 Å². The minimum absolute atomic E-state index is 0.240. The van der Waals surface area contributed by atoms with E-state index in [4.69, 9.17) is 0 Å². The zero-order valence-electron chi connectivity index (χ0n) is 13.1. The van der Waals surface area contributed by atoms with Crippen LogP contribution in [0.2, 0.25) is 0 Å². The Balaban J connectivity index is 2.14. The molecule has 5 nitrogen and oxygen atoms in total. The van der Waals surface area contributed by atoms with Crippen LogP contribution in [0.4, 0.5) is 5.69 Å². The monoisotopic (exact) mass is 310 g/mol. The fraction of sp³-hybridized carbons (Fsp3) is 0.278. The molecule has 0 bridgehead atoms. The Morgan fingerprint density at radius 3 is 2.61 bits per heavy atom.